The van der Waals surface area contributed by atoms with Gasteiger partial charge in [0.15, 0.2) is 0 Å². The van der Waals surface area contributed by atoms with Gasteiger partial charge in [-0.15, -0.1) is 0 Å². The van der Waals surface area contributed by atoms with Crippen LogP contribution in [0.1, 0.15) is 49.7 Å². The summed E-state index contributed by atoms with van der Waals surface area (Å²) < 4.78 is 53.1. The molecule has 2 aliphatic carbocycles. The minimum atomic E-state index is -4.16. The number of allylic oxidation sites excluding steroid dienone is 1. The van der Waals surface area contributed by atoms with Gasteiger partial charge < -0.3 is 23.8 Å². The minimum Gasteiger partial charge on any atom is -0.490 e. The Balaban J connectivity index is 1.38. The van der Waals surface area contributed by atoms with E-state index in [1.807, 2.05) is 6.07 Å². The van der Waals surface area contributed by atoms with Crippen molar-refractivity contribution in [2.24, 2.45) is 17.8 Å². The summed E-state index contributed by atoms with van der Waals surface area (Å²) in [4.78, 5) is 15.8. The third kappa shape index (κ3) is 6.97. The molecule has 2 aromatic rings. The van der Waals surface area contributed by atoms with Crippen LogP contribution in [-0.4, -0.2) is 74.2 Å². The molecule has 2 bridgehead atoms. The van der Waals surface area contributed by atoms with E-state index >= 15 is 0 Å². The number of carbonyl (C=O) groups excluding carboxylic acids is 1. The SMILES string of the molecule is COCCOC[C@@H]1CC/C=C/[C@@H](OC)[C@@H]2CC[C@H]2CN2C[C@@]3(CCCc4cc(Cl)ccc43)COc3ccc(cc32)S(=O)(=O)NC1=O. The molecule has 1 amide bonds. The summed E-state index contributed by atoms with van der Waals surface area (Å²) in [5, 5.41) is 0.732. The van der Waals surface area contributed by atoms with Crippen LogP contribution in [0.3, 0.4) is 0 Å². The molecule has 0 saturated heterocycles. The number of nitrogens with one attached hydrogen (secondary N) is 1. The van der Waals surface area contributed by atoms with Gasteiger partial charge in [0.25, 0.3) is 10.0 Å². The minimum absolute atomic E-state index is 0.0333. The zero-order chi connectivity index (χ0) is 32.3. The Morgan fingerprint density at radius 3 is 2.76 bits per heavy atom. The highest BCUT2D eigenvalue weighted by atomic mass is 35.5. The Morgan fingerprint density at radius 2 is 1.98 bits per heavy atom. The number of hydrogen-bond acceptors (Lipinski definition) is 8. The molecule has 1 N–H and O–H groups in total. The smallest absolute Gasteiger partial charge is 0.264 e. The van der Waals surface area contributed by atoms with Gasteiger partial charge in [0, 0.05) is 37.7 Å². The van der Waals surface area contributed by atoms with Gasteiger partial charge >= 0.3 is 0 Å². The fourth-order valence-corrected chi connectivity index (χ4v) is 8.91. The largest absolute Gasteiger partial charge is 0.490 e. The number of benzene rings is 2. The molecule has 1 fully saturated rings. The van der Waals surface area contributed by atoms with E-state index in [1.54, 1.807) is 26.4 Å². The molecular formula is C35H45ClN2O7S. The molecule has 46 heavy (non-hydrogen) atoms. The number of methoxy groups -OCH3 is 2. The molecular weight excluding hydrogens is 628 g/mol. The first kappa shape index (κ1) is 33.3. The molecule has 2 aliphatic heterocycles. The van der Waals surface area contributed by atoms with Gasteiger partial charge in [0.2, 0.25) is 5.91 Å². The molecule has 1 saturated carbocycles. The van der Waals surface area contributed by atoms with Crippen molar-refractivity contribution in [2.45, 2.75) is 61.4 Å². The molecule has 2 aromatic carbocycles. The predicted octanol–water partition coefficient (Wildman–Crippen LogP) is 5.29. The van der Waals surface area contributed by atoms with Crippen molar-refractivity contribution in [3.05, 3.63) is 64.7 Å². The number of sulfonamides is 1. The Labute approximate surface area is 277 Å². The summed E-state index contributed by atoms with van der Waals surface area (Å²) in [6.07, 6.45) is 10.2. The zero-order valence-electron chi connectivity index (χ0n) is 26.7. The lowest BCUT2D eigenvalue weighted by Gasteiger charge is -2.46. The number of rotatable bonds is 6. The van der Waals surface area contributed by atoms with Crippen LogP contribution in [0.4, 0.5) is 5.69 Å². The van der Waals surface area contributed by atoms with Crippen LogP contribution in [-0.2, 0) is 40.9 Å². The van der Waals surface area contributed by atoms with Gasteiger partial charge in [-0.05, 0) is 98.2 Å². The molecule has 5 atom stereocenters. The Bertz CT molecular complexity index is 1550. The first-order chi connectivity index (χ1) is 22.2. The molecule has 0 aromatic heterocycles. The van der Waals surface area contributed by atoms with E-state index in [9.17, 15) is 13.2 Å². The summed E-state index contributed by atoms with van der Waals surface area (Å²) in [7, 11) is -0.828. The number of carbonyl (C=O) groups is 1. The summed E-state index contributed by atoms with van der Waals surface area (Å²) in [6, 6.07) is 11.1. The Morgan fingerprint density at radius 1 is 1.11 bits per heavy atom. The van der Waals surface area contributed by atoms with Gasteiger partial charge in [-0.2, -0.15) is 0 Å². The molecule has 0 radical (unpaired) electrons. The van der Waals surface area contributed by atoms with Crippen LogP contribution in [0.25, 0.3) is 0 Å². The van der Waals surface area contributed by atoms with Gasteiger partial charge in [0.1, 0.15) is 5.75 Å². The van der Waals surface area contributed by atoms with Crippen LogP contribution in [0.2, 0.25) is 5.02 Å². The Hall–Kier alpha value is -2.63. The third-order valence-corrected chi connectivity index (χ3v) is 11.9. The zero-order valence-corrected chi connectivity index (χ0v) is 28.3. The second-order valence-electron chi connectivity index (χ2n) is 13.2. The average molecular weight is 673 g/mol. The van der Waals surface area contributed by atoms with Crippen molar-refractivity contribution in [3.8, 4) is 5.75 Å². The highest BCUT2D eigenvalue weighted by Gasteiger charge is 2.44. The molecule has 0 unspecified atom stereocenters. The first-order valence-corrected chi connectivity index (χ1v) is 18.2. The van der Waals surface area contributed by atoms with Gasteiger partial charge in [-0.25, -0.2) is 13.1 Å². The fourth-order valence-electron chi connectivity index (χ4n) is 7.65. The standard InChI is InChI=1S/C35H45ClN2O7S/c1-42-16-17-44-21-26-6-3-4-8-32(43-2)29-12-9-25(29)20-38-22-35(15-5-7-24-18-27(36)10-13-30(24)35)23-45-33-14-11-28(19-31(33)38)46(40,41)37-34(26)39/h4,8,10-11,13-14,18-19,25-26,29,32H,3,5-7,9,12,15-17,20-23H2,1-2H3,(H,37,39)/b8-4+/t25-,26-,29+,32+,35-/m0/s1. The van der Waals surface area contributed by atoms with E-state index in [0.29, 0.717) is 56.8 Å². The van der Waals surface area contributed by atoms with E-state index in [2.05, 4.69) is 33.9 Å². The highest BCUT2D eigenvalue weighted by Crippen LogP contribution is 2.47. The molecule has 4 aliphatic rings. The van der Waals surface area contributed by atoms with Crippen molar-refractivity contribution in [3.63, 3.8) is 0 Å². The second kappa shape index (κ2) is 14.2. The third-order valence-electron chi connectivity index (χ3n) is 10.3. The van der Waals surface area contributed by atoms with Crippen molar-refractivity contribution < 1.29 is 32.2 Å². The highest BCUT2D eigenvalue weighted by molar-refractivity contribution is 7.90. The second-order valence-corrected chi connectivity index (χ2v) is 15.3. The molecule has 6 rings (SSSR count). The van der Waals surface area contributed by atoms with Gasteiger partial charge in [0.05, 0.1) is 49.0 Å². The fraction of sp³-hybridized carbons (Fsp3) is 0.571. The van der Waals surface area contributed by atoms with E-state index in [-0.39, 0.29) is 23.0 Å². The van der Waals surface area contributed by atoms with Gasteiger partial charge in [-0.1, -0.05) is 29.8 Å². The summed E-state index contributed by atoms with van der Waals surface area (Å²) in [5.74, 6) is 0.105. The van der Waals surface area contributed by atoms with Crippen LogP contribution < -0.4 is 14.4 Å². The summed E-state index contributed by atoms with van der Waals surface area (Å²) in [6.45, 7) is 2.71. The van der Waals surface area contributed by atoms with Crippen molar-refractivity contribution in [2.75, 3.05) is 58.6 Å². The number of amides is 1. The van der Waals surface area contributed by atoms with E-state index in [0.717, 1.165) is 49.4 Å². The van der Waals surface area contributed by atoms with Crippen LogP contribution in [0.5, 0.6) is 5.75 Å². The number of fused-ring (bicyclic) bond motifs is 4. The molecule has 1 spiro atoms. The lowest BCUT2D eigenvalue weighted by molar-refractivity contribution is -0.125. The quantitative estimate of drug-likeness (QED) is 0.326. The molecule has 9 nitrogen and oxygen atoms in total. The Kier molecular flexibility index (Phi) is 10.3. The lowest BCUT2D eigenvalue weighted by Crippen LogP contribution is -2.49. The number of aryl methyl sites for hydroxylation is 1. The van der Waals surface area contributed by atoms with E-state index < -0.39 is 21.8 Å². The monoisotopic (exact) mass is 672 g/mol. The molecule has 2 heterocycles. The molecule has 11 heteroatoms. The number of nitrogens with zero attached hydrogens (tertiary/aromatic N) is 1. The predicted molar refractivity (Wildman–Crippen MR) is 177 cm³/mol. The van der Waals surface area contributed by atoms with Gasteiger partial charge in [-0.3, -0.25) is 4.79 Å². The number of ether oxygens (including phenoxy) is 4. The summed E-state index contributed by atoms with van der Waals surface area (Å²) >= 11 is 6.42. The maximum absolute atomic E-state index is 13.7. The van der Waals surface area contributed by atoms with Crippen LogP contribution in [0, 0.1) is 17.8 Å². The van der Waals surface area contributed by atoms with Crippen LogP contribution >= 0.6 is 11.6 Å². The maximum Gasteiger partial charge on any atom is 0.264 e. The van der Waals surface area contributed by atoms with E-state index in [4.69, 9.17) is 30.5 Å². The average Bonchev–Trinajstić information content (AvgIpc) is 3.17. The van der Waals surface area contributed by atoms with Crippen molar-refractivity contribution in [1.82, 2.24) is 4.72 Å². The van der Waals surface area contributed by atoms with Crippen molar-refractivity contribution >= 4 is 33.2 Å². The number of anilines is 1. The van der Waals surface area contributed by atoms with Crippen molar-refractivity contribution in [1.29, 1.82) is 0 Å². The topological polar surface area (TPSA) is 103 Å². The number of hydrogen-bond donors (Lipinski definition) is 1. The summed E-state index contributed by atoms with van der Waals surface area (Å²) in [5.41, 5.74) is 2.96. The maximum atomic E-state index is 13.7. The first-order valence-electron chi connectivity index (χ1n) is 16.4. The normalized spacial score (nSPS) is 29.8. The molecule has 250 valence electrons. The lowest BCUT2D eigenvalue weighted by atomic mass is 9.68. The van der Waals surface area contributed by atoms with Crippen LogP contribution in [0.15, 0.2) is 53.4 Å². The number of halogens is 1. The van der Waals surface area contributed by atoms with E-state index in [1.165, 1.54) is 17.2 Å².